The van der Waals surface area contributed by atoms with Crippen molar-refractivity contribution in [2.45, 2.75) is 6.92 Å². The number of nitrogens with zero attached hydrogens (tertiary/aromatic N) is 4. The number of hydrogen-bond donors (Lipinski definition) is 0. The maximum Gasteiger partial charge on any atom is 0.235 e. The van der Waals surface area contributed by atoms with E-state index < -0.39 is 0 Å². The summed E-state index contributed by atoms with van der Waals surface area (Å²) < 4.78 is 5.75. The molecule has 1 amide bonds. The van der Waals surface area contributed by atoms with E-state index >= 15 is 0 Å². The van der Waals surface area contributed by atoms with Crippen LogP contribution >= 0.6 is 11.3 Å². The zero-order valence-corrected chi connectivity index (χ0v) is 13.5. The molecule has 0 aromatic carbocycles. The van der Waals surface area contributed by atoms with Gasteiger partial charge in [-0.3, -0.25) is 4.79 Å². The first kappa shape index (κ1) is 15.3. The molecule has 6 nitrogen and oxygen atoms in total. The summed E-state index contributed by atoms with van der Waals surface area (Å²) in [5, 5.41) is 11.3. The van der Waals surface area contributed by atoms with E-state index in [9.17, 15) is 10.1 Å². The van der Waals surface area contributed by atoms with Crippen molar-refractivity contribution in [3.8, 4) is 6.07 Å². The molecule has 0 atom stereocenters. The van der Waals surface area contributed by atoms with E-state index in [1.165, 1.54) is 0 Å². The first-order chi connectivity index (χ1) is 11.2. The lowest BCUT2D eigenvalue weighted by Crippen LogP contribution is -2.48. The number of aromatic nitrogens is 1. The first-order valence-corrected chi connectivity index (χ1v) is 8.18. The van der Waals surface area contributed by atoms with E-state index in [4.69, 9.17) is 4.42 Å². The maximum absolute atomic E-state index is 11.4. The molecular weight excluding hydrogens is 312 g/mol. The Bertz CT molecular complexity index is 750. The molecule has 3 rings (SSSR count). The fraction of sp³-hybridized carbons (Fsp3) is 0.312. The van der Waals surface area contributed by atoms with Crippen molar-refractivity contribution < 1.29 is 9.21 Å². The molecule has 2 aromatic rings. The van der Waals surface area contributed by atoms with Gasteiger partial charge in [0.15, 0.2) is 0 Å². The molecule has 7 heteroatoms. The van der Waals surface area contributed by atoms with Crippen molar-refractivity contribution in [1.29, 1.82) is 5.26 Å². The van der Waals surface area contributed by atoms with Crippen molar-refractivity contribution in [3.05, 3.63) is 34.0 Å². The van der Waals surface area contributed by atoms with Crippen molar-refractivity contribution >= 4 is 35.3 Å². The summed E-state index contributed by atoms with van der Waals surface area (Å²) in [6.45, 7) is 4.09. The van der Waals surface area contributed by atoms with Crippen LogP contribution in [0, 0.1) is 11.3 Å². The second-order valence-electron chi connectivity index (χ2n) is 5.16. The third-order valence-corrected chi connectivity index (χ3v) is 4.51. The standard InChI is InChI=1S/C16H16N4O2S/c1-12(21)19-6-8-20(9-7-19)16-14(11-17)18-15(22-16)5-4-13-3-2-10-23-13/h2-5,10H,6-9H2,1H3/b5-4+. The predicted molar refractivity (Wildman–Crippen MR) is 88.9 cm³/mol. The molecule has 0 saturated carbocycles. The Balaban J connectivity index is 1.75. The Hall–Kier alpha value is -2.59. The van der Waals surface area contributed by atoms with E-state index in [1.807, 2.05) is 28.5 Å². The van der Waals surface area contributed by atoms with Crippen LogP contribution in [0.1, 0.15) is 23.4 Å². The molecule has 2 aromatic heterocycles. The number of hydrogen-bond acceptors (Lipinski definition) is 6. The highest BCUT2D eigenvalue weighted by molar-refractivity contribution is 7.10. The van der Waals surface area contributed by atoms with Crippen LogP contribution in [0.3, 0.4) is 0 Å². The number of oxazole rings is 1. The average molecular weight is 328 g/mol. The Labute approximate surface area is 138 Å². The quantitative estimate of drug-likeness (QED) is 0.865. The molecule has 23 heavy (non-hydrogen) atoms. The summed E-state index contributed by atoms with van der Waals surface area (Å²) in [7, 11) is 0. The molecule has 0 spiro atoms. The molecule has 0 aliphatic carbocycles. The lowest BCUT2D eigenvalue weighted by Gasteiger charge is -2.33. The third-order valence-electron chi connectivity index (χ3n) is 3.68. The highest BCUT2D eigenvalue weighted by Gasteiger charge is 2.24. The van der Waals surface area contributed by atoms with Crippen LogP contribution < -0.4 is 4.90 Å². The highest BCUT2D eigenvalue weighted by atomic mass is 32.1. The highest BCUT2D eigenvalue weighted by Crippen LogP contribution is 2.24. The third kappa shape index (κ3) is 3.43. The van der Waals surface area contributed by atoms with Crippen molar-refractivity contribution in [2.75, 3.05) is 31.1 Å². The van der Waals surface area contributed by atoms with E-state index in [0.29, 0.717) is 38.0 Å². The summed E-state index contributed by atoms with van der Waals surface area (Å²) >= 11 is 1.62. The fourth-order valence-electron chi connectivity index (χ4n) is 2.45. The lowest BCUT2D eigenvalue weighted by molar-refractivity contribution is -0.129. The van der Waals surface area contributed by atoms with Crippen LogP contribution in [0.4, 0.5) is 5.88 Å². The number of carbonyl (C=O) groups excluding carboxylic acids is 1. The molecule has 1 saturated heterocycles. The van der Waals surface area contributed by atoms with Gasteiger partial charge in [0.25, 0.3) is 0 Å². The molecule has 0 N–H and O–H groups in total. The molecule has 1 aliphatic rings. The number of thiophene rings is 1. The number of rotatable bonds is 3. The lowest BCUT2D eigenvalue weighted by atomic mass is 10.3. The van der Waals surface area contributed by atoms with Gasteiger partial charge in [-0.25, -0.2) is 0 Å². The second kappa shape index (κ2) is 6.67. The fourth-order valence-corrected chi connectivity index (χ4v) is 3.07. The predicted octanol–water partition coefficient (Wildman–Crippen LogP) is 2.45. The van der Waals surface area contributed by atoms with Gasteiger partial charge >= 0.3 is 0 Å². The summed E-state index contributed by atoms with van der Waals surface area (Å²) in [6.07, 6.45) is 3.68. The minimum absolute atomic E-state index is 0.0716. The van der Waals surface area contributed by atoms with Crippen molar-refractivity contribution in [2.24, 2.45) is 0 Å². The van der Waals surface area contributed by atoms with Crippen LogP contribution in [-0.2, 0) is 4.79 Å². The minimum Gasteiger partial charge on any atom is -0.420 e. The van der Waals surface area contributed by atoms with Gasteiger partial charge in [0.05, 0.1) is 0 Å². The molecule has 118 valence electrons. The van der Waals surface area contributed by atoms with E-state index in [0.717, 1.165) is 4.88 Å². The van der Waals surface area contributed by atoms with Crippen LogP contribution in [-0.4, -0.2) is 42.0 Å². The topological polar surface area (TPSA) is 73.4 Å². The Morgan fingerprint density at radius 1 is 1.39 bits per heavy atom. The number of piperazine rings is 1. The molecule has 1 fully saturated rings. The molecular formula is C16H16N4O2S. The van der Waals surface area contributed by atoms with Gasteiger partial charge in [0.1, 0.15) is 6.07 Å². The van der Waals surface area contributed by atoms with Crippen LogP contribution in [0.15, 0.2) is 21.9 Å². The maximum atomic E-state index is 11.4. The monoisotopic (exact) mass is 328 g/mol. The molecule has 3 heterocycles. The van der Waals surface area contributed by atoms with Crippen molar-refractivity contribution in [3.63, 3.8) is 0 Å². The second-order valence-corrected chi connectivity index (χ2v) is 6.14. The molecule has 0 unspecified atom stereocenters. The largest absolute Gasteiger partial charge is 0.420 e. The van der Waals surface area contributed by atoms with Gasteiger partial charge in [-0.2, -0.15) is 10.2 Å². The smallest absolute Gasteiger partial charge is 0.235 e. The summed E-state index contributed by atoms with van der Waals surface area (Å²) in [6, 6.07) is 6.05. The average Bonchev–Trinajstić information content (AvgIpc) is 3.22. The zero-order valence-electron chi connectivity index (χ0n) is 12.7. The molecule has 0 radical (unpaired) electrons. The summed E-state index contributed by atoms with van der Waals surface area (Å²) in [5.41, 5.74) is 0.284. The number of amides is 1. The van der Waals surface area contributed by atoms with E-state index in [-0.39, 0.29) is 11.6 Å². The van der Waals surface area contributed by atoms with Crippen LogP contribution in [0.2, 0.25) is 0 Å². The first-order valence-electron chi connectivity index (χ1n) is 7.30. The van der Waals surface area contributed by atoms with Gasteiger partial charge in [0, 0.05) is 44.1 Å². The zero-order chi connectivity index (χ0) is 16.2. The number of anilines is 1. The Morgan fingerprint density at radius 3 is 2.78 bits per heavy atom. The van der Waals surface area contributed by atoms with Gasteiger partial charge in [-0.1, -0.05) is 6.07 Å². The van der Waals surface area contributed by atoms with Gasteiger partial charge < -0.3 is 14.2 Å². The van der Waals surface area contributed by atoms with Crippen molar-refractivity contribution in [1.82, 2.24) is 9.88 Å². The Kier molecular flexibility index (Phi) is 4.44. The van der Waals surface area contributed by atoms with Crippen LogP contribution in [0.5, 0.6) is 0 Å². The normalized spacial score (nSPS) is 15.1. The Morgan fingerprint density at radius 2 is 2.17 bits per heavy atom. The van der Waals surface area contributed by atoms with E-state index in [2.05, 4.69) is 11.1 Å². The minimum atomic E-state index is 0.0716. The van der Waals surface area contributed by atoms with Gasteiger partial charge in [0.2, 0.25) is 23.4 Å². The summed E-state index contributed by atoms with van der Waals surface area (Å²) in [4.78, 5) is 20.5. The SMILES string of the molecule is CC(=O)N1CCN(c2oc(/C=C/c3cccs3)nc2C#N)CC1. The summed E-state index contributed by atoms with van der Waals surface area (Å²) in [5.74, 6) is 0.975. The van der Waals surface area contributed by atoms with Crippen LogP contribution in [0.25, 0.3) is 12.2 Å². The number of nitriles is 1. The van der Waals surface area contributed by atoms with Gasteiger partial charge in [-0.05, 0) is 17.5 Å². The van der Waals surface area contributed by atoms with Gasteiger partial charge in [-0.15, -0.1) is 11.3 Å². The number of carbonyl (C=O) groups is 1. The molecule has 1 aliphatic heterocycles. The van der Waals surface area contributed by atoms with E-state index in [1.54, 1.807) is 29.2 Å². The molecule has 0 bridgehead atoms.